The van der Waals surface area contributed by atoms with Crippen LogP contribution in [0.1, 0.15) is 5.56 Å². The van der Waals surface area contributed by atoms with E-state index in [0.29, 0.717) is 0 Å². The zero-order chi connectivity index (χ0) is 9.26. The van der Waals surface area contributed by atoms with Gasteiger partial charge < -0.3 is 0 Å². The van der Waals surface area contributed by atoms with Crippen LogP contribution in [-0.4, -0.2) is 14.8 Å². The highest BCUT2D eigenvalue weighted by Gasteiger charge is 2.00. The van der Waals surface area contributed by atoms with Crippen LogP contribution in [-0.2, 0) is 7.05 Å². The molecule has 2 aromatic heterocycles. The highest BCUT2D eigenvalue weighted by atomic mass is 15.2. The van der Waals surface area contributed by atoms with Gasteiger partial charge in [-0.05, 0) is 24.6 Å². The fraction of sp³-hybridized carbons (Fsp3) is 0.200. The van der Waals surface area contributed by atoms with E-state index in [4.69, 9.17) is 0 Å². The monoisotopic (exact) mass is 173 g/mol. The molecule has 0 aliphatic rings. The van der Waals surface area contributed by atoms with Gasteiger partial charge >= 0.3 is 0 Å². The van der Waals surface area contributed by atoms with Crippen molar-refractivity contribution in [2.24, 2.45) is 7.05 Å². The summed E-state index contributed by atoms with van der Waals surface area (Å²) in [6.45, 7) is 2.06. The first kappa shape index (κ1) is 7.98. The van der Waals surface area contributed by atoms with Crippen molar-refractivity contribution in [2.75, 3.05) is 0 Å². The molecule has 3 heteroatoms. The van der Waals surface area contributed by atoms with E-state index in [1.807, 2.05) is 31.7 Å². The highest BCUT2D eigenvalue weighted by molar-refractivity contribution is 5.57. The second-order valence-corrected chi connectivity index (χ2v) is 3.12. The molecule has 0 aliphatic carbocycles. The minimum absolute atomic E-state index is 0.980. The summed E-state index contributed by atoms with van der Waals surface area (Å²) < 4.78 is 1.78. The van der Waals surface area contributed by atoms with Gasteiger partial charge in [-0.25, -0.2) is 0 Å². The Kier molecular flexibility index (Phi) is 1.85. The number of pyridine rings is 1. The molecule has 0 spiro atoms. The van der Waals surface area contributed by atoms with Gasteiger partial charge in [-0.3, -0.25) is 9.67 Å². The zero-order valence-electron chi connectivity index (χ0n) is 7.73. The van der Waals surface area contributed by atoms with Gasteiger partial charge in [0.05, 0.1) is 11.9 Å². The van der Waals surface area contributed by atoms with E-state index >= 15 is 0 Å². The van der Waals surface area contributed by atoms with Crippen LogP contribution >= 0.6 is 0 Å². The Bertz CT molecular complexity index is 418. The van der Waals surface area contributed by atoms with Crippen LogP contribution in [0.25, 0.3) is 11.3 Å². The quantitative estimate of drug-likeness (QED) is 0.658. The van der Waals surface area contributed by atoms with Gasteiger partial charge in [-0.2, -0.15) is 5.10 Å². The fourth-order valence-corrected chi connectivity index (χ4v) is 1.25. The molecule has 0 radical (unpaired) electrons. The SMILES string of the molecule is Cc1ccnc(-c2cnn(C)c2)c1. The van der Waals surface area contributed by atoms with Gasteiger partial charge in [0.15, 0.2) is 0 Å². The van der Waals surface area contributed by atoms with Gasteiger partial charge in [0, 0.05) is 25.0 Å². The molecule has 0 bridgehead atoms. The smallest absolute Gasteiger partial charge is 0.0736 e. The molecule has 0 aromatic carbocycles. The van der Waals surface area contributed by atoms with Crippen molar-refractivity contribution >= 4 is 0 Å². The van der Waals surface area contributed by atoms with E-state index in [1.165, 1.54) is 5.56 Å². The number of hydrogen-bond acceptors (Lipinski definition) is 2. The van der Waals surface area contributed by atoms with Crippen molar-refractivity contribution in [3.63, 3.8) is 0 Å². The van der Waals surface area contributed by atoms with E-state index in [-0.39, 0.29) is 0 Å². The second-order valence-electron chi connectivity index (χ2n) is 3.12. The molecular weight excluding hydrogens is 162 g/mol. The van der Waals surface area contributed by atoms with Crippen LogP contribution < -0.4 is 0 Å². The van der Waals surface area contributed by atoms with Crippen molar-refractivity contribution in [3.05, 3.63) is 36.3 Å². The molecule has 0 fully saturated rings. The molecule has 0 saturated carbocycles. The fourth-order valence-electron chi connectivity index (χ4n) is 1.25. The average Bonchev–Trinajstić information content (AvgIpc) is 2.52. The second kappa shape index (κ2) is 3.01. The molecule has 2 heterocycles. The van der Waals surface area contributed by atoms with Crippen molar-refractivity contribution in [3.8, 4) is 11.3 Å². The van der Waals surface area contributed by atoms with Crippen molar-refractivity contribution in [1.82, 2.24) is 14.8 Å². The molecule has 0 amide bonds. The number of nitrogens with zero attached hydrogens (tertiary/aromatic N) is 3. The molecule has 13 heavy (non-hydrogen) atoms. The van der Waals surface area contributed by atoms with Crippen LogP contribution in [0, 0.1) is 6.92 Å². The molecule has 0 aliphatic heterocycles. The number of aryl methyl sites for hydroxylation is 2. The van der Waals surface area contributed by atoms with Crippen LogP contribution in [0.15, 0.2) is 30.7 Å². The van der Waals surface area contributed by atoms with E-state index in [9.17, 15) is 0 Å². The minimum atomic E-state index is 0.980. The summed E-state index contributed by atoms with van der Waals surface area (Å²) >= 11 is 0. The van der Waals surface area contributed by atoms with Crippen LogP contribution in [0.5, 0.6) is 0 Å². The average molecular weight is 173 g/mol. The predicted octanol–water partition coefficient (Wildman–Crippen LogP) is 1.79. The third-order valence-electron chi connectivity index (χ3n) is 1.92. The number of rotatable bonds is 1. The molecule has 0 unspecified atom stereocenters. The van der Waals surface area contributed by atoms with Crippen LogP contribution in [0.2, 0.25) is 0 Å². The highest BCUT2D eigenvalue weighted by Crippen LogP contribution is 2.15. The summed E-state index contributed by atoms with van der Waals surface area (Å²) in [6.07, 6.45) is 5.60. The Morgan fingerprint density at radius 2 is 2.23 bits per heavy atom. The topological polar surface area (TPSA) is 30.7 Å². The normalized spacial score (nSPS) is 10.3. The zero-order valence-corrected chi connectivity index (χ0v) is 7.73. The maximum atomic E-state index is 4.27. The summed E-state index contributed by atoms with van der Waals surface area (Å²) in [5, 5.41) is 4.10. The van der Waals surface area contributed by atoms with Crippen molar-refractivity contribution < 1.29 is 0 Å². The van der Waals surface area contributed by atoms with Crippen LogP contribution in [0.3, 0.4) is 0 Å². The Morgan fingerprint density at radius 3 is 2.85 bits per heavy atom. The Balaban J connectivity index is 2.46. The van der Waals surface area contributed by atoms with Gasteiger partial charge in [0.1, 0.15) is 0 Å². The summed E-state index contributed by atoms with van der Waals surface area (Å²) in [4.78, 5) is 4.27. The summed E-state index contributed by atoms with van der Waals surface area (Å²) in [5.41, 5.74) is 3.26. The standard InChI is InChI=1S/C10H11N3/c1-8-3-4-11-10(5-8)9-6-12-13(2)7-9/h3-7H,1-2H3. The molecule has 0 atom stereocenters. The first-order valence-electron chi connectivity index (χ1n) is 4.17. The van der Waals surface area contributed by atoms with Crippen molar-refractivity contribution in [1.29, 1.82) is 0 Å². The lowest BCUT2D eigenvalue weighted by molar-refractivity contribution is 0.768. The summed E-state index contributed by atoms with van der Waals surface area (Å²) in [6, 6.07) is 4.04. The van der Waals surface area contributed by atoms with Gasteiger partial charge in [-0.15, -0.1) is 0 Å². The third kappa shape index (κ3) is 1.59. The van der Waals surface area contributed by atoms with Gasteiger partial charge in [0.25, 0.3) is 0 Å². The summed E-state index contributed by atoms with van der Waals surface area (Å²) in [7, 11) is 1.90. The predicted molar refractivity (Wildman–Crippen MR) is 51.2 cm³/mol. The lowest BCUT2D eigenvalue weighted by atomic mass is 10.2. The first-order chi connectivity index (χ1) is 6.25. The Labute approximate surface area is 77.0 Å². The maximum absolute atomic E-state index is 4.27. The minimum Gasteiger partial charge on any atom is -0.275 e. The first-order valence-corrected chi connectivity index (χ1v) is 4.17. The lowest BCUT2D eigenvalue weighted by Crippen LogP contribution is -1.85. The molecule has 2 rings (SSSR count). The third-order valence-corrected chi connectivity index (χ3v) is 1.92. The molecule has 0 N–H and O–H groups in total. The van der Waals surface area contributed by atoms with Crippen LogP contribution in [0.4, 0.5) is 0 Å². The molecule has 66 valence electrons. The Morgan fingerprint density at radius 1 is 1.38 bits per heavy atom. The molecule has 0 saturated heterocycles. The van der Waals surface area contributed by atoms with Crippen molar-refractivity contribution in [2.45, 2.75) is 6.92 Å². The lowest BCUT2D eigenvalue weighted by Gasteiger charge is -1.96. The van der Waals surface area contributed by atoms with E-state index in [0.717, 1.165) is 11.3 Å². The maximum Gasteiger partial charge on any atom is 0.0736 e. The summed E-state index contributed by atoms with van der Waals surface area (Å²) in [5.74, 6) is 0. The largest absolute Gasteiger partial charge is 0.275 e. The van der Waals surface area contributed by atoms with E-state index < -0.39 is 0 Å². The molecule has 2 aromatic rings. The van der Waals surface area contributed by atoms with Gasteiger partial charge in [0.2, 0.25) is 0 Å². The number of hydrogen-bond donors (Lipinski definition) is 0. The number of aromatic nitrogens is 3. The Hall–Kier alpha value is -1.64. The van der Waals surface area contributed by atoms with E-state index in [1.54, 1.807) is 4.68 Å². The van der Waals surface area contributed by atoms with E-state index in [2.05, 4.69) is 23.1 Å². The molecule has 3 nitrogen and oxygen atoms in total. The van der Waals surface area contributed by atoms with Gasteiger partial charge in [-0.1, -0.05) is 0 Å². The molecular formula is C10H11N3.